The molecule has 0 fully saturated rings. The van der Waals surface area contributed by atoms with Crippen molar-refractivity contribution in [2.45, 2.75) is 32.9 Å². The summed E-state index contributed by atoms with van der Waals surface area (Å²) in [5, 5.41) is 0. The lowest BCUT2D eigenvalue weighted by Crippen LogP contribution is -2.32. The summed E-state index contributed by atoms with van der Waals surface area (Å²) in [6.45, 7) is 7.04. The molecule has 1 aromatic heterocycles. The smallest absolute Gasteiger partial charge is 0.131 e. The molecule has 0 saturated carbocycles. The maximum Gasteiger partial charge on any atom is 0.131 e. The van der Waals surface area contributed by atoms with Crippen LogP contribution in [0.25, 0.3) is 0 Å². The van der Waals surface area contributed by atoms with Gasteiger partial charge in [-0.05, 0) is 27.8 Å². The van der Waals surface area contributed by atoms with E-state index in [1.165, 1.54) is 0 Å². The van der Waals surface area contributed by atoms with Gasteiger partial charge in [0.2, 0.25) is 0 Å². The molecule has 0 unspecified atom stereocenters. The van der Waals surface area contributed by atoms with Crippen LogP contribution >= 0.6 is 0 Å². The van der Waals surface area contributed by atoms with Crippen LogP contribution in [0.4, 0.5) is 5.82 Å². The summed E-state index contributed by atoms with van der Waals surface area (Å²) in [7, 11) is 2.08. The lowest BCUT2D eigenvalue weighted by molar-refractivity contribution is 0.175. The quantitative estimate of drug-likeness (QED) is 0.667. The van der Waals surface area contributed by atoms with Crippen molar-refractivity contribution in [1.82, 2.24) is 14.9 Å². The standard InChI is InChI=1S/C10H16N4/c1-6-12-8-7(9(11)13-6)5-14(4)10(8,2)3/h5H2,1-4H3,(H2,11,12,13). The van der Waals surface area contributed by atoms with Crippen LogP contribution in [0.3, 0.4) is 0 Å². The molecule has 14 heavy (non-hydrogen) atoms. The Morgan fingerprint density at radius 3 is 2.64 bits per heavy atom. The van der Waals surface area contributed by atoms with E-state index in [0.717, 1.165) is 23.6 Å². The van der Waals surface area contributed by atoms with Gasteiger partial charge in [-0.15, -0.1) is 0 Å². The Bertz CT molecular complexity index is 384. The molecule has 1 aliphatic heterocycles. The largest absolute Gasteiger partial charge is 0.383 e. The minimum absolute atomic E-state index is 0.0306. The van der Waals surface area contributed by atoms with Gasteiger partial charge < -0.3 is 5.73 Å². The van der Waals surface area contributed by atoms with Gasteiger partial charge in [0.05, 0.1) is 11.2 Å². The molecule has 0 spiro atoms. The highest BCUT2D eigenvalue weighted by Crippen LogP contribution is 2.37. The fourth-order valence-electron chi connectivity index (χ4n) is 1.89. The molecule has 4 heteroatoms. The number of hydrogen-bond acceptors (Lipinski definition) is 4. The van der Waals surface area contributed by atoms with Crippen molar-refractivity contribution in [2.24, 2.45) is 0 Å². The molecule has 0 aliphatic carbocycles. The zero-order valence-corrected chi connectivity index (χ0v) is 9.13. The lowest BCUT2D eigenvalue weighted by atomic mass is 10.0. The van der Waals surface area contributed by atoms with Crippen LogP contribution in [0, 0.1) is 6.92 Å². The minimum atomic E-state index is -0.0306. The van der Waals surface area contributed by atoms with Crippen LogP contribution in [-0.4, -0.2) is 21.9 Å². The first-order valence-electron chi connectivity index (χ1n) is 4.77. The molecular formula is C10H16N4. The fourth-order valence-corrected chi connectivity index (χ4v) is 1.89. The van der Waals surface area contributed by atoms with Crippen molar-refractivity contribution in [3.8, 4) is 0 Å². The van der Waals surface area contributed by atoms with Gasteiger partial charge >= 0.3 is 0 Å². The molecular weight excluding hydrogens is 176 g/mol. The summed E-state index contributed by atoms with van der Waals surface area (Å²) in [6.07, 6.45) is 0. The highest BCUT2D eigenvalue weighted by molar-refractivity contribution is 5.47. The Balaban J connectivity index is 2.65. The van der Waals surface area contributed by atoms with E-state index in [9.17, 15) is 0 Å². The first-order valence-corrected chi connectivity index (χ1v) is 4.77. The Morgan fingerprint density at radius 1 is 1.36 bits per heavy atom. The molecule has 0 aromatic carbocycles. The van der Waals surface area contributed by atoms with E-state index < -0.39 is 0 Å². The summed E-state index contributed by atoms with van der Waals surface area (Å²) in [5.74, 6) is 1.38. The number of fused-ring (bicyclic) bond motifs is 1. The highest BCUT2D eigenvalue weighted by Gasteiger charge is 2.37. The maximum atomic E-state index is 5.88. The van der Waals surface area contributed by atoms with Crippen molar-refractivity contribution in [1.29, 1.82) is 0 Å². The van der Waals surface area contributed by atoms with E-state index in [1.807, 2.05) is 6.92 Å². The second-order valence-corrected chi connectivity index (χ2v) is 4.40. The third-order valence-corrected chi connectivity index (χ3v) is 3.08. The number of anilines is 1. The van der Waals surface area contributed by atoms with Crippen LogP contribution in [0.1, 0.15) is 30.9 Å². The van der Waals surface area contributed by atoms with Gasteiger partial charge in [0.1, 0.15) is 11.6 Å². The van der Waals surface area contributed by atoms with Gasteiger partial charge in [0, 0.05) is 12.1 Å². The normalized spacial score (nSPS) is 19.7. The molecule has 1 aromatic rings. The van der Waals surface area contributed by atoms with E-state index in [2.05, 4.69) is 35.8 Å². The monoisotopic (exact) mass is 192 g/mol. The number of aromatic nitrogens is 2. The highest BCUT2D eigenvalue weighted by atomic mass is 15.2. The Labute approximate surface area is 84.2 Å². The molecule has 0 atom stereocenters. The zero-order chi connectivity index (χ0) is 10.5. The second-order valence-electron chi connectivity index (χ2n) is 4.40. The van der Waals surface area contributed by atoms with Gasteiger partial charge in [-0.1, -0.05) is 0 Å². The van der Waals surface area contributed by atoms with Crippen LogP contribution < -0.4 is 5.73 Å². The molecule has 0 bridgehead atoms. The third kappa shape index (κ3) is 1.10. The van der Waals surface area contributed by atoms with Crippen molar-refractivity contribution in [3.63, 3.8) is 0 Å². The van der Waals surface area contributed by atoms with E-state index >= 15 is 0 Å². The average molecular weight is 192 g/mol. The minimum Gasteiger partial charge on any atom is -0.383 e. The van der Waals surface area contributed by atoms with Crippen LogP contribution in [0.15, 0.2) is 0 Å². The number of nitrogen functional groups attached to an aromatic ring is 1. The maximum absolute atomic E-state index is 5.88. The van der Waals surface area contributed by atoms with Crippen LogP contribution in [0.5, 0.6) is 0 Å². The van der Waals surface area contributed by atoms with Gasteiger partial charge in [-0.25, -0.2) is 9.97 Å². The number of hydrogen-bond donors (Lipinski definition) is 1. The topological polar surface area (TPSA) is 55.0 Å². The Kier molecular flexibility index (Phi) is 1.79. The summed E-state index contributed by atoms with van der Waals surface area (Å²) in [5.41, 5.74) is 8.01. The molecule has 1 aliphatic rings. The van der Waals surface area contributed by atoms with E-state index in [1.54, 1.807) is 0 Å². The molecule has 2 N–H and O–H groups in total. The molecule has 0 amide bonds. The van der Waals surface area contributed by atoms with E-state index in [0.29, 0.717) is 5.82 Å². The van der Waals surface area contributed by atoms with Gasteiger partial charge in [-0.2, -0.15) is 0 Å². The van der Waals surface area contributed by atoms with Crippen molar-refractivity contribution in [2.75, 3.05) is 12.8 Å². The number of nitrogens with zero attached hydrogens (tertiary/aromatic N) is 3. The predicted octanol–water partition coefficient (Wildman–Crippen LogP) is 1.05. The van der Waals surface area contributed by atoms with Crippen LogP contribution in [0.2, 0.25) is 0 Å². The molecule has 4 nitrogen and oxygen atoms in total. The molecule has 2 heterocycles. The number of rotatable bonds is 0. The number of aryl methyl sites for hydroxylation is 1. The Hall–Kier alpha value is -1.16. The summed E-state index contributed by atoms with van der Waals surface area (Å²) in [4.78, 5) is 10.9. The van der Waals surface area contributed by atoms with Crippen molar-refractivity contribution in [3.05, 3.63) is 17.1 Å². The SMILES string of the molecule is Cc1nc(N)c2c(n1)C(C)(C)N(C)C2. The first kappa shape index (κ1) is 9.40. The average Bonchev–Trinajstić information content (AvgIpc) is 2.28. The number of nitrogens with two attached hydrogens (primary N) is 1. The van der Waals surface area contributed by atoms with Crippen LogP contribution in [-0.2, 0) is 12.1 Å². The Morgan fingerprint density at radius 2 is 2.00 bits per heavy atom. The third-order valence-electron chi connectivity index (χ3n) is 3.08. The molecule has 0 saturated heterocycles. The first-order chi connectivity index (χ1) is 6.43. The van der Waals surface area contributed by atoms with Gasteiger partial charge in [0.25, 0.3) is 0 Å². The summed E-state index contributed by atoms with van der Waals surface area (Å²) in [6, 6.07) is 0. The van der Waals surface area contributed by atoms with E-state index in [-0.39, 0.29) is 5.54 Å². The second kappa shape index (κ2) is 2.67. The molecule has 76 valence electrons. The molecule has 0 radical (unpaired) electrons. The molecule has 2 rings (SSSR count). The van der Waals surface area contributed by atoms with Gasteiger partial charge in [-0.3, -0.25) is 4.90 Å². The van der Waals surface area contributed by atoms with Crippen molar-refractivity contribution < 1.29 is 0 Å². The summed E-state index contributed by atoms with van der Waals surface area (Å²) >= 11 is 0. The van der Waals surface area contributed by atoms with E-state index in [4.69, 9.17) is 5.73 Å². The van der Waals surface area contributed by atoms with Gasteiger partial charge in [0.15, 0.2) is 0 Å². The van der Waals surface area contributed by atoms with Crippen molar-refractivity contribution >= 4 is 5.82 Å². The lowest BCUT2D eigenvalue weighted by Gasteiger charge is -2.27. The zero-order valence-electron chi connectivity index (χ0n) is 9.13. The predicted molar refractivity (Wildman–Crippen MR) is 55.7 cm³/mol. The summed E-state index contributed by atoms with van der Waals surface area (Å²) < 4.78 is 0. The fraction of sp³-hybridized carbons (Fsp3) is 0.600.